The number of carbonyl (C=O) groups is 1. The monoisotopic (exact) mass is 471 g/mol. The molecule has 0 aliphatic carbocycles. The van der Waals surface area contributed by atoms with E-state index in [0.717, 1.165) is 28.8 Å². The average Bonchev–Trinajstić information content (AvgIpc) is 3.19. The number of aliphatic imine (C=N–C) groups is 1. The van der Waals surface area contributed by atoms with Crippen molar-refractivity contribution < 1.29 is 22.0 Å². The minimum absolute atomic E-state index is 0.146. The van der Waals surface area contributed by atoms with E-state index in [1.807, 2.05) is 37.3 Å². The number of dihydropyridines is 1. The van der Waals surface area contributed by atoms with Crippen LogP contribution in [-0.2, 0) is 10.0 Å². The van der Waals surface area contributed by atoms with Gasteiger partial charge in [0.25, 0.3) is 0 Å². The molecule has 4 rings (SSSR count). The van der Waals surface area contributed by atoms with Gasteiger partial charge in [-0.15, -0.1) is 0 Å². The maximum absolute atomic E-state index is 15.1. The van der Waals surface area contributed by atoms with E-state index in [1.165, 1.54) is 6.20 Å². The van der Waals surface area contributed by atoms with E-state index in [9.17, 15) is 17.6 Å². The van der Waals surface area contributed by atoms with Gasteiger partial charge in [0.15, 0.2) is 11.6 Å². The number of allylic oxidation sites excluding steroid dienone is 1. The van der Waals surface area contributed by atoms with Crippen molar-refractivity contribution in [2.45, 2.75) is 26.4 Å². The molecule has 2 aliphatic heterocycles. The van der Waals surface area contributed by atoms with Crippen molar-refractivity contribution in [1.29, 1.82) is 0 Å². The van der Waals surface area contributed by atoms with Crippen LogP contribution in [0.1, 0.15) is 34.8 Å². The summed E-state index contributed by atoms with van der Waals surface area (Å²) < 4.78 is 55.9. The first kappa shape index (κ1) is 22.8. The molecule has 0 fully saturated rings. The van der Waals surface area contributed by atoms with E-state index >= 15 is 4.39 Å². The van der Waals surface area contributed by atoms with Crippen LogP contribution in [0.3, 0.4) is 0 Å². The summed E-state index contributed by atoms with van der Waals surface area (Å²) in [4.78, 5) is 17.7. The van der Waals surface area contributed by atoms with Crippen LogP contribution < -0.4 is 10.0 Å². The predicted octanol–water partition coefficient (Wildman–Crippen LogP) is 4.21. The van der Waals surface area contributed by atoms with Crippen molar-refractivity contribution in [1.82, 2.24) is 5.32 Å². The number of nitrogens with zero attached hydrogens (tertiary/aromatic N) is 1. The number of anilines is 1. The predicted molar refractivity (Wildman–Crippen MR) is 125 cm³/mol. The lowest BCUT2D eigenvalue weighted by Crippen LogP contribution is -2.28. The van der Waals surface area contributed by atoms with Gasteiger partial charge in [0.05, 0.1) is 17.0 Å². The molecular formula is C24H23F2N3O3S. The highest BCUT2D eigenvalue weighted by molar-refractivity contribution is 7.92. The van der Waals surface area contributed by atoms with Gasteiger partial charge in [0, 0.05) is 23.9 Å². The molecule has 0 bridgehead atoms. The molecular weight excluding hydrogens is 448 g/mol. The normalized spacial score (nSPS) is 19.4. The van der Waals surface area contributed by atoms with E-state index in [2.05, 4.69) is 15.0 Å². The van der Waals surface area contributed by atoms with E-state index < -0.39 is 50.8 Å². The Labute approximate surface area is 191 Å². The molecule has 2 atom stereocenters. The molecule has 0 amide bonds. The molecule has 0 saturated heterocycles. The maximum Gasteiger partial charge on any atom is 0.232 e. The number of hydrogen-bond donors (Lipinski definition) is 2. The quantitative estimate of drug-likeness (QED) is 0.593. The zero-order valence-corrected chi connectivity index (χ0v) is 18.9. The van der Waals surface area contributed by atoms with Crippen LogP contribution in [0.2, 0.25) is 0 Å². The molecule has 33 heavy (non-hydrogen) atoms. The largest absolute Gasteiger partial charge is 0.369 e. The number of benzene rings is 2. The fraction of sp³-hybridized carbons (Fsp3) is 0.250. The topological polar surface area (TPSA) is 87.6 Å². The molecule has 9 heteroatoms. The number of Topliss-reactive ketones (excluding diaryl/α,β-unsaturated/α-hetero) is 1. The van der Waals surface area contributed by atoms with Gasteiger partial charge in [-0.05, 0) is 36.6 Å². The molecule has 2 aromatic carbocycles. The minimum Gasteiger partial charge on any atom is -0.369 e. The van der Waals surface area contributed by atoms with Gasteiger partial charge in [0.2, 0.25) is 10.0 Å². The molecule has 0 saturated carbocycles. The number of aryl methyl sites for hydroxylation is 1. The summed E-state index contributed by atoms with van der Waals surface area (Å²) in [5.74, 6) is -3.93. The third-order valence-electron chi connectivity index (χ3n) is 5.55. The molecule has 2 N–H and O–H groups in total. The molecule has 0 aromatic heterocycles. The van der Waals surface area contributed by atoms with Crippen molar-refractivity contribution in [2.75, 3.05) is 10.5 Å². The van der Waals surface area contributed by atoms with Crippen LogP contribution in [0.25, 0.3) is 5.57 Å². The van der Waals surface area contributed by atoms with Crippen LogP contribution in [0.15, 0.2) is 59.2 Å². The highest BCUT2D eigenvalue weighted by atomic mass is 32.2. The Morgan fingerprint density at radius 3 is 2.58 bits per heavy atom. The van der Waals surface area contributed by atoms with E-state index in [0.29, 0.717) is 6.42 Å². The van der Waals surface area contributed by atoms with Gasteiger partial charge in [-0.1, -0.05) is 42.8 Å². The summed E-state index contributed by atoms with van der Waals surface area (Å²) in [6.45, 7) is 3.64. The van der Waals surface area contributed by atoms with Crippen LogP contribution >= 0.6 is 0 Å². The number of nitrogens with one attached hydrogen (secondary N) is 2. The van der Waals surface area contributed by atoms with Gasteiger partial charge in [-0.25, -0.2) is 17.2 Å². The van der Waals surface area contributed by atoms with Gasteiger partial charge in [-0.3, -0.25) is 14.5 Å². The number of ketones is 1. The summed E-state index contributed by atoms with van der Waals surface area (Å²) in [5, 5.41) is 2.97. The number of halogens is 2. The van der Waals surface area contributed by atoms with Crippen molar-refractivity contribution in [3.63, 3.8) is 0 Å². The van der Waals surface area contributed by atoms with Gasteiger partial charge < -0.3 is 5.32 Å². The smallest absolute Gasteiger partial charge is 0.232 e. The lowest BCUT2D eigenvalue weighted by Gasteiger charge is -2.21. The molecule has 0 spiro atoms. The highest BCUT2D eigenvalue weighted by Crippen LogP contribution is 2.34. The Morgan fingerprint density at radius 1 is 1.15 bits per heavy atom. The molecule has 2 heterocycles. The third-order valence-corrected chi connectivity index (χ3v) is 7.02. The first-order chi connectivity index (χ1) is 15.7. The van der Waals surface area contributed by atoms with E-state index in [4.69, 9.17) is 0 Å². The third kappa shape index (κ3) is 4.59. The minimum atomic E-state index is -3.82. The number of rotatable bonds is 7. The second kappa shape index (κ2) is 8.90. The molecule has 2 aliphatic rings. The zero-order chi connectivity index (χ0) is 23.8. The molecule has 2 unspecified atom stereocenters. The summed E-state index contributed by atoms with van der Waals surface area (Å²) in [6, 6.07) is 9.65. The number of carbonyl (C=O) groups excluding carboxylic acids is 1. The van der Waals surface area contributed by atoms with Gasteiger partial charge in [-0.2, -0.15) is 0 Å². The number of hydrogen-bond acceptors (Lipinski definition) is 5. The second-order valence-corrected chi connectivity index (χ2v) is 9.88. The second-order valence-electron chi connectivity index (χ2n) is 8.04. The summed E-state index contributed by atoms with van der Waals surface area (Å²) in [6.07, 6.45) is 4.81. The summed E-state index contributed by atoms with van der Waals surface area (Å²) >= 11 is 0. The molecule has 172 valence electrons. The Balaban J connectivity index is 1.66. The molecule has 2 aromatic rings. The first-order valence-corrected chi connectivity index (χ1v) is 12.2. The Bertz CT molecular complexity index is 1300. The maximum atomic E-state index is 15.1. The van der Waals surface area contributed by atoms with Crippen LogP contribution in [-0.4, -0.2) is 32.3 Å². The van der Waals surface area contributed by atoms with Crippen molar-refractivity contribution >= 4 is 33.3 Å². The number of sulfonamides is 1. The Hall–Kier alpha value is -3.33. The lowest BCUT2D eigenvalue weighted by molar-refractivity contribution is 0.101. The Kier molecular flexibility index (Phi) is 6.16. The highest BCUT2D eigenvalue weighted by Gasteiger charge is 2.36. The van der Waals surface area contributed by atoms with Crippen LogP contribution in [0, 0.1) is 24.5 Å². The number of fused-ring (bicyclic) bond motifs is 1. The Morgan fingerprint density at radius 2 is 1.88 bits per heavy atom. The summed E-state index contributed by atoms with van der Waals surface area (Å²) in [5.41, 5.74) is 1.68. The van der Waals surface area contributed by atoms with Crippen molar-refractivity contribution in [3.05, 3.63) is 82.6 Å². The molecule has 6 nitrogen and oxygen atoms in total. The van der Waals surface area contributed by atoms with Crippen molar-refractivity contribution in [3.8, 4) is 0 Å². The standard InChI is InChI=1S/C24H23F2N3O3S/c1-3-10-33(31,32)29-20-9-8-19(25)21(22(20)26)23(30)18-13-28-24-17(18)11-16(12-27-24)15-6-4-14(2)5-7-15/h4-9,11-13,17,24,28-29H,3,10H2,1-2H3. The van der Waals surface area contributed by atoms with E-state index in [1.54, 1.807) is 13.1 Å². The summed E-state index contributed by atoms with van der Waals surface area (Å²) in [7, 11) is -3.82. The SMILES string of the molecule is CCCS(=O)(=O)Nc1ccc(F)c(C(=O)C2=CNC3N=CC(c4ccc(C)cc4)=CC23)c1F. The average molecular weight is 472 g/mol. The van der Waals surface area contributed by atoms with Crippen molar-refractivity contribution in [2.24, 2.45) is 10.9 Å². The van der Waals surface area contributed by atoms with Crippen LogP contribution in [0.5, 0.6) is 0 Å². The lowest BCUT2D eigenvalue weighted by atomic mass is 9.88. The van der Waals surface area contributed by atoms with Gasteiger partial charge >= 0.3 is 0 Å². The van der Waals surface area contributed by atoms with Crippen LogP contribution in [0.4, 0.5) is 14.5 Å². The fourth-order valence-electron chi connectivity index (χ4n) is 3.86. The van der Waals surface area contributed by atoms with E-state index in [-0.39, 0.29) is 11.3 Å². The zero-order valence-electron chi connectivity index (χ0n) is 18.1. The first-order valence-electron chi connectivity index (χ1n) is 10.5. The van der Waals surface area contributed by atoms with Gasteiger partial charge in [0.1, 0.15) is 12.0 Å². The fourth-order valence-corrected chi connectivity index (χ4v) is 5.00. The molecule has 0 radical (unpaired) electrons.